The molecule has 102 valence electrons. The molecule has 0 heterocycles. The number of carbonyl (C=O) groups is 1. The highest BCUT2D eigenvalue weighted by atomic mass is 16.5. The fraction of sp³-hybridized carbons (Fsp3) is 0.917. The summed E-state index contributed by atoms with van der Waals surface area (Å²) >= 11 is 0. The van der Waals surface area contributed by atoms with Gasteiger partial charge in [-0.3, -0.25) is 4.79 Å². The van der Waals surface area contributed by atoms with Crippen molar-refractivity contribution >= 4 is 5.97 Å². The molecular formula is C12H26N2O3. The Bertz CT molecular complexity index is 242. The number of nitrogens with one attached hydrogen (secondary N) is 1. The molecule has 5 heteroatoms. The predicted octanol–water partition coefficient (Wildman–Crippen LogP) is 0.828. The molecule has 0 spiro atoms. The van der Waals surface area contributed by atoms with Crippen LogP contribution in [0.2, 0.25) is 0 Å². The molecule has 0 aliphatic rings. The smallest absolute Gasteiger partial charge is 0.323 e. The predicted molar refractivity (Wildman–Crippen MR) is 67.9 cm³/mol. The Morgan fingerprint density at radius 3 is 2.35 bits per heavy atom. The van der Waals surface area contributed by atoms with Gasteiger partial charge < -0.3 is 20.9 Å². The zero-order valence-corrected chi connectivity index (χ0v) is 11.5. The monoisotopic (exact) mass is 246 g/mol. The molecule has 1 unspecified atom stereocenters. The van der Waals surface area contributed by atoms with Gasteiger partial charge in [0.2, 0.25) is 0 Å². The number of rotatable bonds is 8. The summed E-state index contributed by atoms with van der Waals surface area (Å²) in [5.74, 6) is -0.998. The molecule has 0 aliphatic heterocycles. The molecule has 0 radical (unpaired) electrons. The van der Waals surface area contributed by atoms with Crippen LogP contribution in [0.15, 0.2) is 0 Å². The van der Waals surface area contributed by atoms with Gasteiger partial charge in [0.1, 0.15) is 6.04 Å². The lowest BCUT2D eigenvalue weighted by Crippen LogP contribution is -2.56. The number of hydrogen-bond acceptors (Lipinski definition) is 4. The third kappa shape index (κ3) is 4.26. The Hall–Kier alpha value is -0.650. The highest BCUT2D eigenvalue weighted by Crippen LogP contribution is 2.25. The van der Waals surface area contributed by atoms with Crippen molar-refractivity contribution in [2.45, 2.75) is 51.8 Å². The topological polar surface area (TPSA) is 84.6 Å². The van der Waals surface area contributed by atoms with Gasteiger partial charge in [-0.1, -0.05) is 20.8 Å². The molecule has 4 N–H and O–H groups in total. The molecule has 0 aliphatic carbocycles. The van der Waals surface area contributed by atoms with E-state index in [4.69, 9.17) is 15.6 Å². The first-order chi connectivity index (χ1) is 7.79. The van der Waals surface area contributed by atoms with Crippen LogP contribution >= 0.6 is 0 Å². The van der Waals surface area contributed by atoms with Crippen LogP contribution in [0.5, 0.6) is 0 Å². The van der Waals surface area contributed by atoms with E-state index in [1.165, 1.54) is 0 Å². The van der Waals surface area contributed by atoms with E-state index in [2.05, 4.69) is 5.32 Å². The van der Waals surface area contributed by atoms with Crippen LogP contribution in [0, 0.1) is 5.92 Å². The van der Waals surface area contributed by atoms with Crippen molar-refractivity contribution in [3.63, 3.8) is 0 Å². The van der Waals surface area contributed by atoms with E-state index in [1.807, 2.05) is 27.8 Å². The Morgan fingerprint density at radius 1 is 1.53 bits per heavy atom. The molecule has 0 rings (SSSR count). The molecule has 3 atom stereocenters. The van der Waals surface area contributed by atoms with E-state index < -0.39 is 17.6 Å². The summed E-state index contributed by atoms with van der Waals surface area (Å²) in [6, 6.07) is -0.800. The SMILES string of the molecule is CCC(CO[C@](C)(C(C)C)[C@H](N)C(=O)O)NC. The second kappa shape index (κ2) is 6.93. The minimum Gasteiger partial charge on any atom is -0.480 e. The zero-order valence-electron chi connectivity index (χ0n) is 11.5. The number of ether oxygens (including phenoxy) is 1. The number of hydrogen-bond donors (Lipinski definition) is 3. The number of carboxylic acids is 1. The molecular weight excluding hydrogens is 220 g/mol. The van der Waals surface area contributed by atoms with Gasteiger partial charge in [0.25, 0.3) is 0 Å². The van der Waals surface area contributed by atoms with E-state index in [9.17, 15) is 4.79 Å². The first-order valence-electron chi connectivity index (χ1n) is 6.09. The van der Waals surface area contributed by atoms with E-state index in [-0.39, 0.29) is 12.0 Å². The summed E-state index contributed by atoms with van der Waals surface area (Å²) in [7, 11) is 1.86. The standard InChI is InChI=1S/C12H26N2O3/c1-6-9(14-5)7-17-12(4,8(2)3)10(13)11(15)16/h8-10,14H,6-7,13H2,1-5H3,(H,15,16)/t9?,10-,12-/m1/s1. The van der Waals surface area contributed by atoms with Gasteiger partial charge in [-0.2, -0.15) is 0 Å². The molecule has 0 aromatic rings. The van der Waals surface area contributed by atoms with E-state index in [0.29, 0.717) is 6.61 Å². The highest BCUT2D eigenvalue weighted by Gasteiger charge is 2.40. The first kappa shape index (κ1) is 16.4. The molecule has 0 aromatic carbocycles. The largest absolute Gasteiger partial charge is 0.480 e. The fourth-order valence-corrected chi connectivity index (χ4v) is 1.55. The Balaban J connectivity index is 4.68. The maximum Gasteiger partial charge on any atom is 0.323 e. The number of carboxylic acid groups (broad SMARTS) is 1. The van der Waals surface area contributed by atoms with E-state index in [0.717, 1.165) is 6.42 Å². The van der Waals surface area contributed by atoms with Crippen molar-refractivity contribution in [1.29, 1.82) is 0 Å². The van der Waals surface area contributed by atoms with Crippen LogP contribution in [0.3, 0.4) is 0 Å². The summed E-state index contributed by atoms with van der Waals surface area (Å²) in [5, 5.41) is 12.1. The van der Waals surface area contributed by atoms with Crippen LogP contribution in [-0.2, 0) is 9.53 Å². The fourth-order valence-electron chi connectivity index (χ4n) is 1.55. The van der Waals surface area contributed by atoms with Gasteiger partial charge in [0, 0.05) is 6.04 Å². The zero-order chi connectivity index (χ0) is 13.6. The van der Waals surface area contributed by atoms with Crippen LogP contribution in [0.1, 0.15) is 34.1 Å². The van der Waals surface area contributed by atoms with E-state index >= 15 is 0 Å². The molecule has 0 bridgehead atoms. The summed E-state index contributed by atoms with van der Waals surface area (Å²) in [4.78, 5) is 11.0. The average Bonchev–Trinajstić information content (AvgIpc) is 2.28. The van der Waals surface area contributed by atoms with Gasteiger partial charge in [-0.25, -0.2) is 0 Å². The minimum atomic E-state index is -1.03. The molecule has 0 saturated heterocycles. The summed E-state index contributed by atoms with van der Waals surface area (Å²) < 4.78 is 5.79. The maximum absolute atomic E-state index is 11.0. The second-order valence-corrected chi connectivity index (χ2v) is 4.86. The van der Waals surface area contributed by atoms with Crippen LogP contribution in [0.25, 0.3) is 0 Å². The van der Waals surface area contributed by atoms with Gasteiger partial charge in [-0.05, 0) is 26.3 Å². The Kier molecular flexibility index (Phi) is 6.67. The van der Waals surface area contributed by atoms with Crippen molar-refractivity contribution < 1.29 is 14.6 Å². The van der Waals surface area contributed by atoms with Crippen LogP contribution in [0.4, 0.5) is 0 Å². The average molecular weight is 246 g/mol. The third-order valence-electron chi connectivity index (χ3n) is 3.53. The van der Waals surface area contributed by atoms with Crippen LogP contribution < -0.4 is 11.1 Å². The first-order valence-corrected chi connectivity index (χ1v) is 6.09. The van der Waals surface area contributed by atoms with Crippen molar-refractivity contribution in [2.75, 3.05) is 13.7 Å². The Morgan fingerprint density at radius 2 is 2.06 bits per heavy atom. The lowest BCUT2D eigenvalue weighted by Gasteiger charge is -2.38. The molecule has 0 aromatic heterocycles. The third-order valence-corrected chi connectivity index (χ3v) is 3.53. The number of likely N-dealkylation sites (N-methyl/N-ethyl adjacent to an activating group) is 1. The van der Waals surface area contributed by atoms with Crippen molar-refractivity contribution in [3.05, 3.63) is 0 Å². The van der Waals surface area contributed by atoms with Crippen molar-refractivity contribution in [1.82, 2.24) is 5.32 Å². The normalized spacial score (nSPS) is 18.8. The highest BCUT2D eigenvalue weighted by molar-refractivity contribution is 5.74. The van der Waals surface area contributed by atoms with E-state index in [1.54, 1.807) is 6.92 Å². The van der Waals surface area contributed by atoms with Crippen molar-refractivity contribution in [2.24, 2.45) is 11.7 Å². The van der Waals surface area contributed by atoms with Gasteiger partial charge in [0.15, 0.2) is 0 Å². The number of aliphatic carboxylic acids is 1. The molecule has 0 saturated carbocycles. The molecule has 0 fully saturated rings. The molecule has 5 nitrogen and oxygen atoms in total. The van der Waals surface area contributed by atoms with Gasteiger partial charge >= 0.3 is 5.97 Å². The lowest BCUT2D eigenvalue weighted by molar-refractivity contribution is -0.153. The molecule has 17 heavy (non-hydrogen) atoms. The summed E-state index contributed by atoms with van der Waals surface area (Å²) in [6.07, 6.45) is 0.924. The summed E-state index contributed by atoms with van der Waals surface area (Å²) in [5.41, 5.74) is 4.87. The van der Waals surface area contributed by atoms with Crippen molar-refractivity contribution in [3.8, 4) is 0 Å². The Labute approximate surface area is 104 Å². The maximum atomic E-state index is 11.0. The minimum absolute atomic E-state index is 0.0305. The van der Waals surface area contributed by atoms with Gasteiger partial charge in [0.05, 0.1) is 12.2 Å². The lowest BCUT2D eigenvalue weighted by atomic mass is 9.85. The van der Waals surface area contributed by atoms with Crippen LogP contribution in [-0.4, -0.2) is 42.4 Å². The molecule has 0 amide bonds. The quantitative estimate of drug-likeness (QED) is 0.590. The summed E-state index contributed by atoms with van der Waals surface area (Å²) in [6.45, 7) is 8.11. The van der Waals surface area contributed by atoms with Gasteiger partial charge in [-0.15, -0.1) is 0 Å². The second-order valence-electron chi connectivity index (χ2n) is 4.86. The number of nitrogens with two attached hydrogens (primary N) is 1.